The predicted octanol–water partition coefficient (Wildman–Crippen LogP) is 7.03. The van der Waals surface area contributed by atoms with Crippen LogP contribution in [0.1, 0.15) is 67.0 Å². The van der Waals surface area contributed by atoms with Gasteiger partial charge in [0.2, 0.25) is 5.95 Å². The van der Waals surface area contributed by atoms with E-state index in [1.54, 1.807) is 6.20 Å². The molecule has 2 aliphatic heterocycles. The highest BCUT2D eigenvalue weighted by Gasteiger charge is 2.28. The van der Waals surface area contributed by atoms with Crippen LogP contribution in [0.15, 0.2) is 48.8 Å². The molecule has 186 valence electrons. The quantitative estimate of drug-likeness (QED) is 0.381. The van der Waals surface area contributed by atoms with Crippen LogP contribution in [-0.4, -0.2) is 23.1 Å². The van der Waals surface area contributed by atoms with Gasteiger partial charge in [0.15, 0.2) is 0 Å². The maximum atomic E-state index is 6.63. The van der Waals surface area contributed by atoms with Crippen molar-refractivity contribution in [3.05, 3.63) is 81.8 Å². The molecule has 5 nitrogen and oxygen atoms in total. The molecule has 3 aromatic rings. The van der Waals surface area contributed by atoms with Crippen LogP contribution in [0.5, 0.6) is 0 Å². The summed E-state index contributed by atoms with van der Waals surface area (Å²) < 4.78 is 0. The van der Waals surface area contributed by atoms with E-state index in [0.717, 1.165) is 54.0 Å². The second-order valence-electron chi connectivity index (χ2n) is 10.9. The molecule has 3 aliphatic rings. The van der Waals surface area contributed by atoms with Crippen LogP contribution in [0.25, 0.3) is 5.57 Å². The van der Waals surface area contributed by atoms with Crippen LogP contribution >= 0.6 is 11.6 Å². The molecule has 2 aromatic carbocycles. The monoisotopic (exact) mass is 499 g/mol. The number of anilines is 3. The Morgan fingerprint density at radius 3 is 2.75 bits per heavy atom. The summed E-state index contributed by atoms with van der Waals surface area (Å²) in [6.45, 7) is 9.86. The molecular weight excluding hydrogens is 466 g/mol. The van der Waals surface area contributed by atoms with Crippen molar-refractivity contribution in [2.45, 2.75) is 52.5 Å². The Morgan fingerprint density at radius 1 is 1.11 bits per heavy atom. The first-order valence-corrected chi connectivity index (χ1v) is 13.6. The third kappa shape index (κ3) is 4.69. The number of halogens is 1. The average molecular weight is 500 g/mol. The van der Waals surface area contributed by atoms with Gasteiger partial charge in [0.1, 0.15) is 0 Å². The Balaban J connectivity index is 1.31. The van der Waals surface area contributed by atoms with Gasteiger partial charge in [0.05, 0.1) is 16.9 Å². The first-order chi connectivity index (χ1) is 17.4. The van der Waals surface area contributed by atoms with Crippen molar-refractivity contribution in [3.63, 3.8) is 0 Å². The Bertz CT molecular complexity index is 1330. The molecule has 1 unspecified atom stereocenters. The van der Waals surface area contributed by atoms with E-state index in [0.29, 0.717) is 16.9 Å². The smallest absolute Gasteiger partial charge is 0.227 e. The summed E-state index contributed by atoms with van der Waals surface area (Å²) in [7, 11) is 0. The van der Waals surface area contributed by atoms with E-state index in [4.69, 9.17) is 16.6 Å². The molecule has 1 saturated carbocycles. The Morgan fingerprint density at radius 2 is 1.97 bits per heavy atom. The minimum Gasteiger partial charge on any atom is -0.386 e. The Hall–Kier alpha value is -3.05. The summed E-state index contributed by atoms with van der Waals surface area (Å²) in [5, 5.41) is 7.44. The van der Waals surface area contributed by atoms with Crippen molar-refractivity contribution in [1.82, 2.24) is 15.3 Å². The molecule has 3 heterocycles. The summed E-state index contributed by atoms with van der Waals surface area (Å²) in [4.78, 5) is 12.0. The van der Waals surface area contributed by atoms with Crippen molar-refractivity contribution in [1.29, 1.82) is 0 Å². The zero-order chi connectivity index (χ0) is 24.8. The van der Waals surface area contributed by atoms with Crippen molar-refractivity contribution < 1.29 is 0 Å². The summed E-state index contributed by atoms with van der Waals surface area (Å²) in [5.41, 5.74) is 9.17. The van der Waals surface area contributed by atoms with Gasteiger partial charge >= 0.3 is 0 Å². The largest absolute Gasteiger partial charge is 0.386 e. The molecule has 6 heteroatoms. The van der Waals surface area contributed by atoms with Crippen LogP contribution < -0.4 is 15.5 Å². The molecule has 0 spiro atoms. The van der Waals surface area contributed by atoms with Gasteiger partial charge in [0.25, 0.3) is 0 Å². The van der Waals surface area contributed by atoms with Crippen molar-refractivity contribution >= 4 is 34.5 Å². The summed E-state index contributed by atoms with van der Waals surface area (Å²) >= 11 is 6.63. The number of fused-ring (bicyclic) bond motifs is 1. The van der Waals surface area contributed by atoms with Crippen LogP contribution in [0.4, 0.5) is 17.3 Å². The van der Waals surface area contributed by atoms with Crippen LogP contribution in [0, 0.1) is 18.8 Å². The molecule has 36 heavy (non-hydrogen) atoms. The summed E-state index contributed by atoms with van der Waals surface area (Å²) in [5.74, 6) is 2.72. The topological polar surface area (TPSA) is 53.1 Å². The van der Waals surface area contributed by atoms with Gasteiger partial charge in [-0.3, -0.25) is 0 Å². The number of benzene rings is 2. The SMILES string of the molecule is Cc1ccc2c(c1)CNC=C2c1nc(Nc2cc(C3CC3)cc(N3CCC(C(C)C)C3)c2)ncc1Cl. The molecule has 0 amide bonds. The fourth-order valence-corrected chi connectivity index (χ4v) is 5.71. The third-order valence-electron chi connectivity index (χ3n) is 7.87. The van der Waals surface area contributed by atoms with E-state index >= 15 is 0 Å². The maximum absolute atomic E-state index is 6.63. The first-order valence-electron chi connectivity index (χ1n) is 13.2. The second kappa shape index (κ2) is 9.44. The van der Waals surface area contributed by atoms with Crippen molar-refractivity contribution in [2.24, 2.45) is 11.8 Å². The van der Waals surface area contributed by atoms with Crippen LogP contribution in [0.2, 0.25) is 5.02 Å². The zero-order valence-corrected chi connectivity index (χ0v) is 22.1. The van der Waals surface area contributed by atoms with Gasteiger partial charge in [-0.2, -0.15) is 0 Å². The minimum absolute atomic E-state index is 0.547. The number of aromatic nitrogens is 2. The molecule has 1 aliphatic carbocycles. The molecule has 1 saturated heterocycles. The first kappa shape index (κ1) is 23.4. The third-order valence-corrected chi connectivity index (χ3v) is 8.14. The van der Waals surface area contributed by atoms with Gasteiger partial charge in [-0.1, -0.05) is 49.2 Å². The van der Waals surface area contributed by atoms with E-state index in [2.05, 4.69) is 77.7 Å². The Kier molecular flexibility index (Phi) is 6.12. The average Bonchev–Trinajstić information content (AvgIpc) is 3.60. The van der Waals surface area contributed by atoms with Gasteiger partial charge in [0, 0.05) is 42.8 Å². The van der Waals surface area contributed by atoms with Gasteiger partial charge < -0.3 is 15.5 Å². The number of rotatable bonds is 6. The Labute approximate surface area is 219 Å². The lowest BCUT2D eigenvalue weighted by Gasteiger charge is -2.22. The fourth-order valence-electron chi connectivity index (χ4n) is 5.52. The molecule has 6 rings (SSSR count). The van der Waals surface area contributed by atoms with E-state index < -0.39 is 0 Å². The molecular formula is C30H34ClN5. The lowest BCUT2D eigenvalue weighted by atomic mass is 9.94. The highest BCUT2D eigenvalue weighted by atomic mass is 35.5. The van der Waals surface area contributed by atoms with Crippen LogP contribution in [0.3, 0.4) is 0 Å². The zero-order valence-electron chi connectivity index (χ0n) is 21.3. The molecule has 0 radical (unpaired) electrons. The van der Waals surface area contributed by atoms with E-state index in [9.17, 15) is 0 Å². The van der Waals surface area contributed by atoms with Crippen molar-refractivity contribution in [3.8, 4) is 0 Å². The van der Waals surface area contributed by atoms with Gasteiger partial charge in [-0.05, 0) is 78.8 Å². The highest BCUT2D eigenvalue weighted by molar-refractivity contribution is 6.32. The van der Waals surface area contributed by atoms with Crippen LogP contribution in [-0.2, 0) is 6.54 Å². The number of hydrogen-bond donors (Lipinski definition) is 2. The number of nitrogens with one attached hydrogen (secondary N) is 2. The molecule has 0 bridgehead atoms. The lowest BCUT2D eigenvalue weighted by Crippen LogP contribution is -2.21. The fraction of sp³-hybridized carbons (Fsp3) is 0.400. The normalized spacial score (nSPS) is 19.2. The van der Waals surface area contributed by atoms with Crippen molar-refractivity contribution in [2.75, 3.05) is 23.3 Å². The molecule has 2 fully saturated rings. The standard InChI is InChI=1S/C30H34ClN5/c1-18(2)21-8-9-36(17-21)25-12-22(20-5-6-20)11-24(13-25)34-30-33-16-28(31)29(35-30)27-15-32-14-23-10-19(3)4-7-26(23)27/h4,7,10-13,15-16,18,20-21,32H,5-6,8-9,14,17H2,1-3H3,(H,33,34,35). The lowest BCUT2D eigenvalue weighted by molar-refractivity contribution is 0.423. The second-order valence-corrected chi connectivity index (χ2v) is 11.3. The highest BCUT2D eigenvalue weighted by Crippen LogP contribution is 2.43. The summed E-state index contributed by atoms with van der Waals surface area (Å²) in [6, 6.07) is 13.4. The van der Waals surface area contributed by atoms with E-state index in [1.807, 2.05) is 6.20 Å². The summed E-state index contributed by atoms with van der Waals surface area (Å²) in [6.07, 6.45) is 7.54. The minimum atomic E-state index is 0.547. The van der Waals surface area contributed by atoms with E-state index in [-0.39, 0.29) is 0 Å². The number of nitrogens with zero attached hydrogens (tertiary/aromatic N) is 3. The molecule has 1 atom stereocenters. The maximum Gasteiger partial charge on any atom is 0.227 e. The molecule has 1 aromatic heterocycles. The number of hydrogen-bond acceptors (Lipinski definition) is 5. The predicted molar refractivity (Wildman–Crippen MR) is 149 cm³/mol. The number of aryl methyl sites for hydroxylation is 1. The van der Waals surface area contributed by atoms with Gasteiger partial charge in [-0.15, -0.1) is 0 Å². The van der Waals surface area contributed by atoms with Gasteiger partial charge in [-0.25, -0.2) is 9.97 Å². The van der Waals surface area contributed by atoms with E-state index in [1.165, 1.54) is 41.6 Å². The molecule has 2 N–H and O–H groups in total.